The number of halogens is 1. The molecule has 0 aliphatic heterocycles. The maximum Gasteiger partial charge on any atom is 0.234 e. The van der Waals surface area contributed by atoms with Gasteiger partial charge in [-0.1, -0.05) is 11.6 Å². The molecule has 2 N–H and O–H groups in total. The molecule has 0 bridgehead atoms. The molecular weight excluding hydrogens is 154 g/mol. The fourth-order valence-electron chi connectivity index (χ4n) is 0.470. The lowest BCUT2D eigenvalue weighted by atomic mass is 10.6. The van der Waals surface area contributed by atoms with E-state index in [0.29, 0.717) is 5.88 Å². The maximum absolute atomic E-state index is 5.48. The summed E-state index contributed by atoms with van der Waals surface area (Å²) in [7, 11) is 1.48. The molecule has 1 heterocycles. The van der Waals surface area contributed by atoms with Gasteiger partial charge in [-0.2, -0.15) is 4.98 Å². The highest BCUT2D eigenvalue weighted by Crippen LogP contribution is 2.14. The number of ether oxygens (including phenoxy) is 1. The Labute approximate surface area is 63.0 Å². The summed E-state index contributed by atoms with van der Waals surface area (Å²) in [4.78, 5) is 7.45. The Morgan fingerprint density at radius 3 is 2.90 bits per heavy atom. The molecule has 1 aromatic heterocycles. The van der Waals surface area contributed by atoms with Gasteiger partial charge in [0.15, 0.2) is 11.0 Å². The average molecular weight is 160 g/mol. The molecular formula is C5H6ClN3O. The van der Waals surface area contributed by atoms with Crippen molar-refractivity contribution in [2.24, 2.45) is 0 Å². The van der Waals surface area contributed by atoms with Crippen LogP contribution >= 0.6 is 11.6 Å². The fraction of sp³-hybridized carbons (Fsp3) is 0.200. The van der Waals surface area contributed by atoms with Gasteiger partial charge < -0.3 is 10.5 Å². The first kappa shape index (κ1) is 7.08. The minimum atomic E-state index is 0.181. The van der Waals surface area contributed by atoms with Crippen LogP contribution in [0.25, 0.3) is 0 Å². The lowest BCUT2D eigenvalue weighted by Crippen LogP contribution is -1.96. The number of methoxy groups -OCH3 is 1. The van der Waals surface area contributed by atoms with Gasteiger partial charge in [-0.3, -0.25) is 0 Å². The molecule has 0 amide bonds. The lowest BCUT2D eigenvalue weighted by molar-refractivity contribution is 0.396. The molecule has 0 saturated heterocycles. The van der Waals surface area contributed by atoms with Gasteiger partial charge in [-0.05, 0) is 0 Å². The minimum absolute atomic E-state index is 0.181. The minimum Gasteiger partial charge on any atom is -0.480 e. The molecule has 0 atom stereocenters. The Hall–Kier alpha value is -1.03. The quantitative estimate of drug-likeness (QED) is 0.656. The zero-order valence-corrected chi connectivity index (χ0v) is 6.09. The standard InChI is InChI=1S/C5H6ClN3O/c1-10-3-2-8-4(6)5(7)9-3/h2H,1H3,(H2,7,9). The smallest absolute Gasteiger partial charge is 0.234 e. The number of nitrogens with zero attached hydrogens (tertiary/aromatic N) is 2. The molecule has 54 valence electrons. The van der Waals surface area contributed by atoms with Crippen LogP contribution in [0.5, 0.6) is 5.88 Å². The molecule has 1 rings (SSSR count). The summed E-state index contributed by atoms with van der Waals surface area (Å²) in [5, 5.41) is 0.195. The zero-order chi connectivity index (χ0) is 7.56. The first-order chi connectivity index (χ1) is 4.74. The Kier molecular flexibility index (Phi) is 1.91. The summed E-state index contributed by atoms with van der Waals surface area (Å²) in [6.45, 7) is 0. The van der Waals surface area contributed by atoms with E-state index in [-0.39, 0.29) is 11.0 Å². The van der Waals surface area contributed by atoms with Gasteiger partial charge in [0, 0.05) is 0 Å². The van der Waals surface area contributed by atoms with Crippen molar-refractivity contribution in [2.45, 2.75) is 0 Å². The molecule has 0 aliphatic carbocycles. The van der Waals surface area contributed by atoms with Gasteiger partial charge in [0.25, 0.3) is 0 Å². The average Bonchev–Trinajstić information content (AvgIpc) is 1.95. The van der Waals surface area contributed by atoms with Crippen molar-refractivity contribution in [3.63, 3.8) is 0 Å². The van der Waals surface area contributed by atoms with Crippen molar-refractivity contribution in [1.29, 1.82) is 0 Å². The summed E-state index contributed by atoms with van der Waals surface area (Å²) in [6, 6.07) is 0. The van der Waals surface area contributed by atoms with E-state index in [9.17, 15) is 0 Å². The zero-order valence-electron chi connectivity index (χ0n) is 5.34. The first-order valence-corrected chi connectivity index (χ1v) is 2.94. The van der Waals surface area contributed by atoms with Gasteiger partial charge >= 0.3 is 0 Å². The highest BCUT2D eigenvalue weighted by Gasteiger charge is 1.99. The van der Waals surface area contributed by atoms with Gasteiger partial charge in [-0.15, -0.1) is 0 Å². The van der Waals surface area contributed by atoms with E-state index in [1.807, 2.05) is 0 Å². The van der Waals surface area contributed by atoms with Crippen molar-refractivity contribution in [1.82, 2.24) is 9.97 Å². The predicted octanol–water partition coefficient (Wildman–Crippen LogP) is 0.721. The van der Waals surface area contributed by atoms with Gasteiger partial charge in [0.05, 0.1) is 13.3 Å². The van der Waals surface area contributed by atoms with E-state index < -0.39 is 0 Å². The first-order valence-electron chi connectivity index (χ1n) is 2.56. The van der Waals surface area contributed by atoms with Crippen LogP contribution in [-0.4, -0.2) is 17.1 Å². The summed E-state index contributed by atoms with van der Waals surface area (Å²) in [5.74, 6) is 0.544. The van der Waals surface area contributed by atoms with E-state index in [2.05, 4.69) is 9.97 Å². The molecule has 0 fully saturated rings. The molecule has 0 spiro atoms. The highest BCUT2D eigenvalue weighted by atomic mass is 35.5. The van der Waals surface area contributed by atoms with Crippen LogP contribution in [0.3, 0.4) is 0 Å². The molecule has 1 aromatic rings. The van der Waals surface area contributed by atoms with Crippen molar-refractivity contribution in [2.75, 3.05) is 12.8 Å². The summed E-state index contributed by atoms with van der Waals surface area (Å²) in [6.07, 6.45) is 1.40. The van der Waals surface area contributed by atoms with Crippen LogP contribution in [0.4, 0.5) is 5.82 Å². The number of rotatable bonds is 1. The highest BCUT2D eigenvalue weighted by molar-refractivity contribution is 6.31. The van der Waals surface area contributed by atoms with Crippen molar-refractivity contribution in [3.8, 4) is 5.88 Å². The van der Waals surface area contributed by atoms with Gasteiger partial charge in [-0.25, -0.2) is 4.98 Å². The molecule has 4 nitrogen and oxygen atoms in total. The van der Waals surface area contributed by atoms with Gasteiger partial charge in [0.1, 0.15) is 0 Å². The Morgan fingerprint density at radius 1 is 1.70 bits per heavy atom. The molecule has 0 radical (unpaired) electrons. The summed E-state index contributed by atoms with van der Waals surface area (Å²) in [5.41, 5.74) is 5.31. The van der Waals surface area contributed by atoms with Crippen molar-refractivity contribution < 1.29 is 4.74 Å². The summed E-state index contributed by atoms with van der Waals surface area (Å²) >= 11 is 5.48. The molecule has 10 heavy (non-hydrogen) atoms. The van der Waals surface area contributed by atoms with Crippen molar-refractivity contribution >= 4 is 17.4 Å². The number of hydrogen-bond acceptors (Lipinski definition) is 4. The van der Waals surface area contributed by atoms with Crippen LogP contribution in [0.1, 0.15) is 0 Å². The molecule has 5 heteroatoms. The summed E-state index contributed by atoms with van der Waals surface area (Å²) < 4.78 is 4.74. The van der Waals surface area contributed by atoms with E-state index in [0.717, 1.165) is 0 Å². The SMILES string of the molecule is COc1cnc(Cl)c(N)n1. The Morgan fingerprint density at radius 2 is 2.40 bits per heavy atom. The van der Waals surface area contributed by atoms with Crippen LogP contribution < -0.4 is 10.5 Å². The second kappa shape index (κ2) is 2.70. The number of aromatic nitrogens is 2. The molecule has 0 saturated carbocycles. The monoisotopic (exact) mass is 159 g/mol. The topological polar surface area (TPSA) is 61.0 Å². The largest absolute Gasteiger partial charge is 0.480 e. The van der Waals surface area contributed by atoms with E-state index in [4.69, 9.17) is 22.1 Å². The third kappa shape index (κ3) is 1.27. The third-order valence-electron chi connectivity index (χ3n) is 0.939. The van der Waals surface area contributed by atoms with E-state index in [1.165, 1.54) is 13.3 Å². The van der Waals surface area contributed by atoms with Gasteiger partial charge in [0.2, 0.25) is 5.88 Å². The van der Waals surface area contributed by atoms with Crippen LogP contribution in [0, 0.1) is 0 Å². The van der Waals surface area contributed by atoms with Crippen LogP contribution in [-0.2, 0) is 0 Å². The third-order valence-corrected chi connectivity index (χ3v) is 1.23. The van der Waals surface area contributed by atoms with Crippen LogP contribution in [0.2, 0.25) is 5.15 Å². The van der Waals surface area contributed by atoms with E-state index in [1.54, 1.807) is 0 Å². The van der Waals surface area contributed by atoms with Crippen LogP contribution in [0.15, 0.2) is 6.20 Å². The molecule has 0 aliphatic rings. The second-order valence-electron chi connectivity index (χ2n) is 1.59. The normalized spacial score (nSPS) is 9.40. The second-order valence-corrected chi connectivity index (χ2v) is 1.95. The number of nitrogens with two attached hydrogens (primary N) is 1. The fourth-order valence-corrected chi connectivity index (χ4v) is 0.561. The maximum atomic E-state index is 5.48. The molecule has 0 unspecified atom stereocenters. The number of anilines is 1. The number of nitrogen functional groups attached to an aromatic ring is 1. The number of hydrogen-bond donors (Lipinski definition) is 1. The molecule has 0 aromatic carbocycles. The lowest BCUT2D eigenvalue weighted by Gasteiger charge is -1.98. The predicted molar refractivity (Wildman–Crippen MR) is 38.0 cm³/mol. The Bertz CT molecular complexity index is 240. The Balaban J connectivity index is 3.04. The van der Waals surface area contributed by atoms with E-state index >= 15 is 0 Å². The van der Waals surface area contributed by atoms with Crippen molar-refractivity contribution in [3.05, 3.63) is 11.3 Å².